The highest BCUT2D eigenvalue weighted by Crippen LogP contribution is 2.08. The Morgan fingerprint density at radius 3 is 1.36 bits per heavy atom. The van der Waals surface area contributed by atoms with Crippen LogP contribution in [0.15, 0.2) is 92.5 Å². The Labute approximate surface area is 268 Å². The number of aliphatic hydroxyl groups is 4. The average molecular weight is 623 g/mol. The Morgan fingerprint density at radius 2 is 1.00 bits per heavy atom. The highest BCUT2D eigenvalue weighted by atomic mass is 16.7. The summed E-state index contributed by atoms with van der Waals surface area (Å²) in [5, 5.41) is 36.0. The van der Waals surface area contributed by atoms with Gasteiger partial charge in [0, 0.05) is 6.61 Å². The summed E-state index contributed by atoms with van der Waals surface area (Å²) in [5.74, 6) is 0. The minimum absolute atomic E-state index is 0.109. The van der Waals surface area contributed by atoms with Crippen molar-refractivity contribution in [3.05, 3.63) is 126 Å². The van der Waals surface area contributed by atoms with Gasteiger partial charge in [-0.15, -0.1) is 0 Å². The number of hydrogen-bond acceptors (Lipinski definition) is 8. The third kappa shape index (κ3) is 18.9. The average Bonchev–Trinajstić information content (AvgIpc) is 3.08. The van der Waals surface area contributed by atoms with Gasteiger partial charge in [0.15, 0.2) is 6.29 Å². The van der Waals surface area contributed by atoms with E-state index in [4.69, 9.17) is 34.3 Å². The lowest BCUT2D eigenvalue weighted by molar-refractivity contribution is -0.150. The van der Waals surface area contributed by atoms with Crippen LogP contribution in [-0.4, -0.2) is 72.0 Å². The maximum Gasteiger partial charge on any atom is 0.154 e. The molecular weight excluding hydrogens is 572 g/mol. The summed E-state index contributed by atoms with van der Waals surface area (Å²) in [5.41, 5.74) is 6.25. The molecule has 0 fully saturated rings. The SMILES string of the molecule is C=Cc1ccc(CO)cc1.C=Cc1ccc(COCC(O)CO)cc1.C=Cc1ccc(COCC(O)COC(C)OCC)cc1. The van der Waals surface area contributed by atoms with Gasteiger partial charge in [-0.25, -0.2) is 0 Å². The van der Waals surface area contributed by atoms with Gasteiger partial charge in [0.25, 0.3) is 0 Å². The molecule has 0 aliphatic carbocycles. The van der Waals surface area contributed by atoms with E-state index in [-0.39, 0.29) is 39.3 Å². The lowest BCUT2D eigenvalue weighted by Crippen LogP contribution is -2.25. The molecule has 3 aromatic carbocycles. The Kier molecular flexibility index (Phi) is 21.8. The van der Waals surface area contributed by atoms with Crippen LogP contribution in [-0.2, 0) is 38.8 Å². The molecule has 0 aromatic heterocycles. The fourth-order valence-electron chi connectivity index (χ4n) is 3.51. The number of rotatable bonds is 18. The van der Waals surface area contributed by atoms with Crippen LogP contribution >= 0.6 is 0 Å². The van der Waals surface area contributed by atoms with Gasteiger partial charge in [-0.3, -0.25) is 0 Å². The molecule has 0 bridgehead atoms. The zero-order chi connectivity index (χ0) is 33.3. The number of benzene rings is 3. The highest BCUT2D eigenvalue weighted by Gasteiger charge is 2.08. The van der Waals surface area contributed by atoms with Crippen molar-refractivity contribution in [2.24, 2.45) is 0 Å². The second-order valence-corrected chi connectivity index (χ2v) is 9.87. The van der Waals surface area contributed by atoms with Crippen LogP contribution in [0.3, 0.4) is 0 Å². The molecule has 3 unspecified atom stereocenters. The Bertz CT molecular complexity index is 1180. The monoisotopic (exact) mass is 622 g/mol. The molecule has 0 saturated heterocycles. The second-order valence-electron chi connectivity index (χ2n) is 9.87. The van der Waals surface area contributed by atoms with Crippen molar-refractivity contribution in [2.45, 2.75) is 52.2 Å². The molecule has 0 aliphatic rings. The lowest BCUT2D eigenvalue weighted by Gasteiger charge is -2.16. The van der Waals surface area contributed by atoms with E-state index in [1.165, 1.54) is 0 Å². The van der Waals surface area contributed by atoms with Gasteiger partial charge >= 0.3 is 0 Å². The van der Waals surface area contributed by atoms with Gasteiger partial charge in [-0.05, 0) is 47.2 Å². The van der Waals surface area contributed by atoms with Gasteiger partial charge in [-0.1, -0.05) is 111 Å². The quantitative estimate of drug-likeness (QED) is 0.135. The predicted molar refractivity (Wildman–Crippen MR) is 181 cm³/mol. The van der Waals surface area contributed by atoms with E-state index in [0.29, 0.717) is 19.8 Å². The predicted octanol–water partition coefficient (Wildman–Crippen LogP) is 5.63. The van der Waals surface area contributed by atoms with E-state index in [1.54, 1.807) is 25.2 Å². The van der Waals surface area contributed by atoms with Crippen LogP contribution in [0.1, 0.15) is 47.2 Å². The molecule has 0 aliphatic heterocycles. The van der Waals surface area contributed by atoms with Crippen LogP contribution in [0.5, 0.6) is 0 Å². The van der Waals surface area contributed by atoms with E-state index >= 15 is 0 Å². The van der Waals surface area contributed by atoms with Crippen molar-refractivity contribution in [3.63, 3.8) is 0 Å². The molecule has 8 heteroatoms. The largest absolute Gasteiger partial charge is 0.394 e. The van der Waals surface area contributed by atoms with Gasteiger partial charge in [0.05, 0.1) is 46.2 Å². The minimum Gasteiger partial charge on any atom is -0.394 e. The molecule has 3 atom stereocenters. The number of hydrogen-bond donors (Lipinski definition) is 4. The second kappa shape index (κ2) is 24.8. The molecular formula is C37H50O8. The molecule has 0 amide bonds. The molecule has 3 aromatic rings. The zero-order valence-electron chi connectivity index (χ0n) is 26.6. The summed E-state index contributed by atoms with van der Waals surface area (Å²) >= 11 is 0. The minimum atomic E-state index is -0.794. The standard InChI is InChI=1S/C16H24O4.C12H16O3.C9H10O/c1-4-14-6-8-15(9-7-14)10-18-11-16(17)12-20-13(3)19-5-2;1-2-10-3-5-11(6-4-10)8-15-9-12(14)7-13;1-2-8-3-5-9(7-10)6-4-8/h4,6-9,13,16-17H,1,5,10-12H2,2-3H3;2-6,12-14H,1,7-9H2;2-6,10H,1,7H2. The van der Waals surface area contributed by atoms with E-state index in [0.717, 1.165) is 33.4 Å². The van der Waals surface area contributed by atoms with Gasteiger partial charge < -0.3 is 39.4 Å². The topological polar surface area (TPSA) is 118 Å². The third-order valence-corrected chi connectivity index (χ3v) is 6.12. The van der Waals surface area contributed by atoms with Crippen molar-refractivity contribution in [3.8, 4) is 0 Å². The summed E-state index contributed by atoms with van der Waals surface area (Å²) in [4.78, 5) is 0. The van der Waals surface area contributed by atoms with E-state index in [9.17, 15) is 5.11 Å². The maximum absolute atomic E-state index is 9.71. The molecule has 3 rings (SSSR count). The molecule has 246 valence electrons. The smallest absolute Gasteiger partial charge is 0.154 e. The molecule has 45 heavy (non-hydrogen) atoms. The van der Waals surface area contributed by atoms with Crippen LogP contribution in [0.4, 0.5) is 0 Å². The molecule has 0 saturated carbocycles. The fraction of sp³-hybridized carbons (Fsp3) is 0.351. The van der Waals surface area contributed by atoms with Crippen molar-refractivity contribution >= 4 is 18.2 Å². The Morgan fingerprint density at radius 1 is 0.600 bits per heavy atom. The van der Waals surface area contributed by atoms with Gasteiger partial charge in [-0.2, -0.15) is 0 Å². The first-order valence-corrected chi connectivity index (χ1v) is 14.9. The Hall–Kier alpha value is -3.44. The van der Waals surface area contributed by atoms with Crippen molar-refractivity contribution in [1.29, 1.82) is 0 Å². The van der Waals surface area contributed by atoms with Crippen LogP contribution in [0, 0.1) is 0 Å². The van der Waals surface area contributed by atoms with Crippen molar-refractivity contribution in [1.82, 2.24) is 0 Å². The van der Waals surface area contributed by atoms with Gasteiger partial charge in [0.2, 0.25) is 0 Å². The van der Waals surface area contributed by atoms with Crippen molar-refractivity contribution in [2.75, 3.05) is 33.0 Å². The summed E-state index contributed by atoms with van der Waals surface area (Å²) in [7, 11) is 0. The molecule has 8 nitrogen and oxygen atoms in total. The number of ether oxygens (including phenoxy) is 4. The molecule has 4 N–H and O–H groups in total. The fourth-order valence-corrected chi connectivity index (χ4v) is 3.51. The van der Waals surface area contributed by atoms with Gasteiger partial charge in [0.1, 0.15) is 12.2 Å². The normalized spacial score (nSPS) is 12.4. The highest BCUT2D eigenvalue weighted by molar-refractivity contribution is 5.48. The number of aliphatic hydroxyl groups excluding tert-OH is 4. The Balaban J connectivity index is 0.000000357. The molecule has 0 heterocycles. The lowest BCUT2D eigenvalue weighted by atomic mass is 10.1. The summed E-state index contributed by atoms with van der Waals surface area (Å²) in [6, 6.07) is 23.4. The van der Waals surface area contributed by atoms with Crippen molar-refractivity contribution < 1.29 is 39.4 Å². The van der Waals surface area contributed by atoms with Crippen LogP contribution in [0.25, 0.3) is 18.2 Å². The van der Waals surface area contributed by atoms with E-state index in [1.807, 2.05) is 79.7 Å². The van der Waals surface area contributed by atoms with Crippen LogP contribution in [0.2, 0.25) is 0 Å². The first-order valence-electron chi connectivity index (χ1n) is 14.9. The molecule has 0 spiro atoms. The third-order valence-electron chi connectivity index (χ3n) is 6.12. The van der Waals surface area contributed by atoms with Crippen LogP contribution < -0.4 is 0 Å². The molecule has 0 radical (unpaired) electrons. The summed E-state index contributed by atoms with van der Waals surface area (Å²) in [6.45, 7) is 16.6. The summed E-state index contributed by atoms with van der Waals surface area (Å²) < 4.78 is 21.2. The zero-order valence-corrected chi connectivity index (χ0v) is 26.6. The summed E-state index contributed by atoms with van der Waals surface area (Å²) in [6.07, 6.45) is 3.61. The van der Waals surface area contributed by atoms with E-state index in [2.05, 4.69) is 19.7 Å². The van der Waals surface area contributed by atoms with E-state index < -0.39 is 12.2 Å². The maximum atomic E-state index is 9.71. The first-order chi connectivity index (χ1) is 21.8. The first kappa shape index (κ1) is 39.6.